The first kappa shape index (κ1) is 25.3. The number of amides is 5. The number of anilines is 1. The number of nitrogens with zero attached hydrogens (tertiary/aromatic N) is 2. The van der Waals surface area contributed by atoms with Crippen LogP contribution in [-0.4, -0.2) is 46.8 Å². The molecule has 0 bridgehead atoms. The number of carbonyl (C=O) groups excluding carboxylic acids is 5. The number of ether oxygens (including phenoxy) is 1. The van der Waals surface area contributed by atoms with Gasteiger partial charge in [0.05, 0.1) is 36.0 Å². The molecule has 39 heavy (non-hydrogen) atoms. The second-order valence-electron chi connectivity index (χ2n) is 10.7. The van der Waals surface area contributed by atoms with E-state index in [1.165, 1.54) is 17.0 Å². The van der Waals surface area contributed by atoms with E-state index in [1.54, 1.807) is 43.3 Å². The van der Waals surface area contributed by atoms with E-state index in [-0.39, 0.29) is 18.6 Å². The van der Waals surface area contributed by atoms with E-state index in [1.807, 2.05) is 6.08 Å². The van der Waals surface area contributed by atoms with Gasteiger partial charge in [0.25, 0.3) is 0 Å². The van der Waals surface area contributed by atoms with Gasteiger partial charge >= 0.3 is 6.09 Å². The highest BCUT2D eigenvalue weighted by atomic mass is 35.5. The van der Waals surface area contributed by atoms with Crippen LogP contribution in [0.25, 0.3) is 0 Å². The van der Waals surface area contributed by atoms with E-state index in [4.69, 9.17) is 16.3 Å². The van der Waals surface area contributed by atoms with Gasteiger partial charge in [-0.05, 0) is 56.0 Å². The lowest BCUT2D eigenvalue weighted by Crippen LogP contribution is -2.49. The van der Waals surface area contributed by atoms with Crippen molar-refractivity contribution in [2.45, 2.75) is 25.7 Å². The molecule has 3 fully saturated rings. The van der Waals surface area contributed by atoms with Crippen LogP contribution in [0.1, 0.15) is 31.2 Å². The minimum atomic E-state index is -1.31. The number of methoxy groups -OCH3 is 1. The fourth-order valence-electron chi connectivity index (χ4n) is 7.21. The van der Waals surface area contributed by atoms with E-state index in [0.29, 0.717) is 26.7 Å². The molecule has 2 aliphatic carbocycles. The van der Waals surface area contributed by atoms with Crippen LogP contribution in [0.15, 0.2) is 60.2 Å². The number of likely N-dealkylation sites (tertiary alicyclic amines) is 1. The fraction of sp³-hybridized carbons (Fsp3) is 0.345. The summed E-state index contributed by atoms with van der Waals surface area (Å²) < 4.78 is 4.69. The van der Waals surface area contributed by atoms with Crippen molar-refractivity contribution in [2.24, 2.45) is 29.1 Å². The van der Waals surface area contributed by atoms with Crippen molar-refractivity contribution in [1.29, 1.82) is 0 Å². The minimum absolute atomic E-state index is 0.100. The van der Waals surface area contributed by atoms with Gasteiger partial charge in [0.1, 0.15) is 5.75 Å². The number of halogens is 1. The van der Waals surface area contributed by atoms with Crippen molar-refractivity contribution < 1.29 is 33.8 Å². The van der Waals surface area contributed by atoms with Crippen LogP contribution in [0.2, 0.25) is 5.02 Å². The van der Waals surface area contributed by atoms with Crippen LogP contribution in [0.4, 0.5) is 10.5 Å². The number of fused-ring (bicyclic) bond motifs is 4. The van der Waals surface area contributed by atoms with Gasteiger partial charge in [-0.2, -0.15) is 4.90 Å². The summed E-state index contributed by atoms with van der Waals surface area (Å²) in [5.74, 6) is -6.22. The number of aromatic hydroxyl groups is 1. The number of benzene rings is 2. The molecule has 5 amide bonds. The molecule has 10 heteroatoms. The van der Waals surface area contributed by atoms with Crippen LogP contribution >= 0.6 is 11.6 Å². The highest BCUT2D eigenvalue weighted by molar-refractivity contribution is 6.30. The van der Waals surface area contributed by atoms with Gasteiger partial charge in [-0.25, -0.2) is 9.69 Å². The largest absolute Gasteiger partial charge is 0.508 e. The summed E-state index contributed by atoms with van der Waals surface area (Å²) in [7, 11) is 1.10. The summed E-state index contributed by atoms with van der Waals surface area (Å²) in [6.45, 7) is 1.72. The molecule has 0 radical (unpaired) electrons. The highest BCUT2D eigenvalue weighted by Gasteiger charge is 2.68. The Morgan fingerprint density at radius 1 is 1.03 bits per heavy atom. The second-order valence-corrected chi connectivity index (χ2v) is 11.1. The molecule has 2 aliphatic heterocycles. The quantitative estimate of drug-likeness (QED) is 0.444. The zero-order valence-corrected chi connectivity index (χ0v) is 21.9. The van der Waals surface area contributed by atoms with Gasteiger partial charge in [-0.1, -0.05) is 41.4 Å². The molecule has 2 heterocycles. The first-order chi connectivity index (χ1) is 18.6. The summed E-state index contributed by atoms with van der Waals surface area (Å²) >= 11 is 6.34. The predicted octanol–water partition coefficient (Wildman–Crippen LogP) is 4.04. The Labute approximate surface area is 229 Å². The van der Waals surface area contributed by atoms with Crippen molar-refractivity contribution in [3.63, 3.8) is 0 Å². The summed E-state index contributed by atoms with van der Waals surface area (Å²) in [4.78, 5) is 68.9. The molecule has 1 saturated carbocycles. The number of hydrogen-bond donors (Lipinski definition) is 1. The van der Waals surface area contributed by atoms with Crippen LogP contribution in [-0.2, 0) is 23.9 Å². The Morgan fingerprint density at radius 2 is 1.74 bits per heavy atom. The number of imide groups is 4. The molecule has 6 atom stereocenters. The Morgan fingerprint density at radius 3 is 2.44 bits per heavy atom. The first-order valence-electron chi connectivity index (χ1n) is 12.7. The maximum Gasteiger partial charge on any atom is 0.423 e. The number of phenols is 1. The lowest BCUT2D eigenvalue weighted by molar-refractivity contribution is -0.138. The molecule has 4 aliphatic rings. The second kappa shape index (κ2) is 8.77. The maximum atomic E-state index is 14.2. The first-order valence-corrected chi connectivity index (χ1v) is 13.1. The lowest BCUT2D eigenvalue weighted by atomic mass is 9.51. The van der Waals surface area contributed by atoms with E-state index in [0.717, 1.165) is 7.11 Å². The van der Waals surface area contributed by atoms with Crippen molar-refractivity contribution in [3.8, 4) is 5.75 Å². The van der Waals surface area contributed by atoms with Gasteiger partial charge < -0.3 is 9.84 Å². The molecule has 6 rings (SSSR count). The van der Waals surface area contributed by atoms with E-state index < -0.39 is 64.7 Å². The smallest absolute Gasteiger partial charge is 0.423 e. The summed E-state index contributed by atoms with van der Waals surface area (Å²) in [5.41, 5.74) is 0.160. The average molecular weight is 549 g/mol. The lowest BCUT2D eigenvalue weighted by Gasteiger charge is -2.49. The number of allylic oxidation sites excluding steroid dienone is 2. The molecule has 2 saturated heterocycles. The zero-order valence-electron chi connectivity index (χ0n) is 21.2. The van der Waals surface area contributed by atoms with Crippen molar-refractivity contribution in [1.82, 2.24) is 4.90 Å². The Bertz CT molecular complexity index is 1490. The Hall–Kier alpha value is -3.98. The normalized spacial score (nSPS) is 31.6. The molecule has 0 aromatic heterocycles. The molecule has 200 valence electrons. The zero-order chi connectivity index (χ0) is 27.8. The van der Waals surface area contributed by atoms with E-state index >= 15 is 0 Å². The average Bonchev–Trinajstić information content (AvgIpc) is 3.30. The van der Waals surface area contributed by atoms with Crippen molar-refractivity contribution in [3.05, 3.63) is 70.8 Å². The monoisotopic (exact) mass is 548 g/mol. The van der Waals surface area contributed by atoms with Gasteiger partial charge in [-0.15, -0.1) is 0 Å². The van der Waals surface area contributed by atoms with Crippen LogP contribution in [0.5, 0.6) is 5.75 Å². The van der Waals surface area contributed by atoms with Crippen molar-refractivity contribution >= 4 is 47.0 Å². The van der Waals surface area contributed by atoms with Gasteiger partial charge in [0.15, 0.2) is 0 Å². The van der Waals surface area contributed by atoms with E-state index in [9.17, 15) is 29.1 Å². The molecule has 0 spiro atoms. The standard InChI is InChI=1S/C29H25ClN2O7/c1-29-20(25(35)31(27(29)37)15-6-4-3-5-7-15)13-18-16(23(29)19-12-14(30)8-11-21(19)33)9-10-17-22(18)26(36)32(24(17)34)28(38)39-2/h3-9,11-12,17-18,20,22-23,33H,10,13H2,1-2H3/t17-,18+,20-,22-,23+,29+/m0/s1. The van der Waals surface area contributed by atoms with Crippen LogP contribution < -0.4 is 4.90 Å². The summed E-state index contributed by atoms with van der Waals surface area (Å²) in [6.07, 6.45) is 1.07. The molecule has 0 unspecified atom stereocenters. The summed E-state index contributed by atoms with van der Waals surface area (Å²) in [6, 6.07) is 13.1. The van der Waals surface area contributed by atoms with Crippen molar-refractivity contribution in [2.75, 3.05) is 12.0 Å². The van der Waals surface area contributed by atoms with Crippen LogP contribution in [0, 0.1) is 29.1 Å². The van der Waals surface area contributed by atoms with Gasteiger partial charge in [-0.3, -0.25) is 19.2 Å². The summed E-state index contributed by atoms with van der Waals surface area (Å²) in [5, 5.41) is 11.3. The third-order valence-electron chi connectivity index (χ3n) is 8.95. The molecular formula is C29H25ClN2O7. The SMILES string of the molecule is COC(=O)N1C(=O)[C@H]2[C@H](CC=C3[C@H]2C[C@H]2C(=O)N(c4ccccc4)C(=O)[C@@]2(C)[C@H]3c2cc(Cl)ccc2O)C1=O. The topological polar surface area (TPSA) is 121 Å². The third kappa shape index (κ3) is 3.35. The molecular weight excluding hydrogens is 524 g/mol. The highest BCUT2D eigenvalue weighted by Crippen LogP contribution is 2.64. The third-order valence-corrected chi connectivity index (χ3v) is 9.18. The number of carbonyl (C=O) groups is 5. The minimum Gasteiger partial charge on any atom is -0.508 e. The Kier molecular flexibility index (Phi) is 5.69. The predicted molar refractivity (Wildman–Crippen MR) is 138 cm³/mol. The van der Waals surface area contributed by atoms with Crippen LogP contribution in [0.3, 0.4) is 0 Å². The maximum absolute atomic E-state index is 14.2. The van der Waals surface area contributed by atoms with Gasteiger partial charge in [0, 0.05) is 16.5 Å². The molecule has 2 aromatic carbocycles. The molecule has 2 aromatic rings. The van der Waals surface area contributed by atoms with Gasteiger partial charge in [0.2, 0.25) is 23.6 Å². The fourth-order valence-corrected chi connectivity index (χ4v) is 7.39. The molecule has 1 N–H and O–H groups in total. The number of para-hydroxylation sites is 1. The number of rotatable bonds is 2. The Balaban J connectivity index is 1.54. The number of hydrogen-bond acceptors (Lipinski definition) is 7. The molecule has 9 nitrogen and oxygen atoms in total. The van der Waals surface area contributed by atoms with E-state index in [2.05, 4.69) is 0 Å². The number of phenolic OH excluding ortho intramolecular Hbond substituents is 1.